The minimum absolute atomic E-state index is 0.0743. The van der Waals surface area contributed by atoms with E-state index in [4.69, 9.17) is 0 Å². The Kier molecular flexibility index (Phi) is 2.97. The van der Waals surface area contributed by atoms with Gasteiger partial charge in [0, 0.05) is 19.8 Å². The predicted molar refractivity (Wildman–Crippen MR) is 48.1 cm³/mol. The lowest BCUT2D eigenvalue weighted by Gasteiger charge is -2.15. The number of nitrogens with one attached hydrogen (secondary N) is 1. The molecule has 68 valence electrons. The lowest BCUT2D eigenvalue weighted by Crippen LogP contribution is -2.42. The molecule has 1 saturated heterocycles. The Morgan fingerprint density at radius 2 is 2.33 bits per heavy atom. The third-order valence-corrected chi connectivity index (χ3v) is 2.65. The summed E-state index contributed by atoms with van der Waals surface area (Å²) in [6.45, 7) is 0. The van der Waals surface area contributed by atoms with Gasteiger partial charge >= 0.3 is 6.03 Å². The molecule has 0 unspecified atom stereocenters. The topological polar surface area (TPSA) is 49.4 Å². The van der Waals surface area contributed by atoms with Crippen LogP contribution < -0.4 is 5.32 Å². The van der Waals surface area contributed by atoms with Crippen molar-refractivity contribution in [2.45, 2.75) is 12.5 Å². The zero-order valence-corrected chi connectivity index (χ0v) is 7.98. The lowest BCUT2D eigenvalue weighted by molar-refractivity contribution is -0.112. The summed E-state index contributed by atoms with van der Waals surface area (Å²) in [5.41, 5.74) is 0. The predicted octanol–water partition coefficient (Wildman–Crippen LogP) is 0.290. The number of nitrogens with zero attached hydrogens (tertiary/aromatic N) is 1. The molecule has 12 heavy (non-hydrogen) atoms. The maximum atomic E-state index is 11.1. The summed E-state index contributed by atoms with van der Waals surface area (Å²) in [5.74, 6) is 0.817. The highest BCUT2D eigenvalue weighted by atomic mass is 32.2. The van der Waals surface area contributed by atoms with Gasteiger partial charge < -0.3 is 10.2 Å². The second kappa shape index (κ2) is 3.80. The van der Waals surface area contributed by atoms with E-state index in [2.05, 4.69) is 5.32 Å². The molecule has 0 aromatic carbocycles. The Labute approximate surface area is 75.7 Å². The van der Waals surface area contributed by atoms with E-state index in [1.165, 1.54) is 16.7 Å². The first-order valence-corrected chi connectivity index (χ1v) is 4.74. The highest BCUT2D eigenvalue weighted by Gasteiger charge is 2.26. The van der Waals surface area contributed by atoms with E-state index in [-0.39, 0.29) is 17.2 Å². The van der Waals surface area contributed by atoms with Crippen molar-refractivity contribution in [1.82, 2.24) is 10.2 Å². The first-order valence-electron chi connectivity index (χ1n) is 3.75. The van der Waals surface area contributed by atoms with Crippen LogP contribution in [0.1, 0.15) is 6.42 Å². The highest BCUT2D eigenvalue weighted by molar-refractivity contribution is 8.14. The molecule has 0 aliphatic carbocycles. The third-order valence-electron chi connectivity index (χ3n) is 1.64. The van der Waals surface area contributed by atoms with Gasteiger partial charge in [-0.3, -0.25) is 4.79 Å². The molecular weight excluding hydrogens is 176 g/mol. The summed E-state index contributed by atoms with van der Waals surface area (Å²) >= 11 is 1.29. The molecule has 0 saturated carbocycles. The van der Waals surface area contributed by atoms with Gasteiger partial charge in [0.05, 0.1) is 0 Å². The van der Waals surface area contributed by atoms with E-state index in [0.29, 0.717) is 0 Å². The molecule has 0 aromatic heterocycles. The molecule has 1 aliphatic rings. The van der Waals surface area contributed by atoms with Crippen molar-refractivity contribution in [3.8, 4) is 0 Å². The van der Waals surface area contributed by atoms with Crippen LogP contribution in [-0.4, -0.2) is 41.9 Å². The quantitative estimate of drug-likeness (QED) is 0.643. The molecule has 1 aliphatic heterocycles. The van der Waals surface area contributed by atoms with Crippen LogP contribution in [0.5, 0.6) is 0 Å². The maximum absolute atomic E-state index is 11.1. The van der Waals surface area contributed by atoms with Crippen LogP contribution >= 0.6 is 11.8 Å². The second-order valence-corrected chi connectivity index (χ2v) is 3.95. The number of rotatable bonds is 1. The smallest absolute Gasteiger partial charge is 0.317 e. The molecule has 0 bridgehead atoms. The van der Waals surface area contributed by atoms with Gasteiger partial charge in [-0.15, -0.1) is 0 Å². The molecule has 5 heteroatoms. The summed E-state index contributed by atoms with van der Waals surface area (Å²) < 4.78 is 0. The normalized spacial score (nSPS) is 22.5. The Hall–Kier alpha value is -0.710. The van der Waals surface area contributed by atoms with Crippen LogP contribution in [0, 0.1) is 0 Å². The van der Waals surface area contributed by atoms with E-state index < -0.39 is 0 Å². The molecule has 1 atom stereocenters. The standard InChI is InChI=1S/C7H12N2O2S/c1-9(2)7(11)8-5-3-4-12-6(5)10/h5H,3-4H2,1-2H3,(H,8,11)/t5-/m1/s1. The van der Waals surface area contributed by atoms with E-state index >= 15 is 0 Å². The van der Waals surface area contributed by atoms with Gasteiger partial charge in [-0.2, -0.15) is 0 Å². The first kappa shape index (κ1) is 9.38. The van der Waals surface area contributed by atoms with Crippen molar-refractivity contribution >= 4 is 22.9 Å². The molecule has 1 fully saturated rings. The summed E-state index contributed by atoms with van der Waals surface area (Å²) in [6, 6.07) is -0.472. The number of amides is 2. The van der Waals surface area contributed by atoms with Crippen LogP contribution in [0.3, 0.4) is 0 Å². The van der Waals surface area contributed by atoms with Crippen LogP contribution in [-0.2, 0) is 4.79 Å². The first-order chi connectivity index (χ1) is 5.61. The Bertz CT molecular complexity index is 206. The molecule has 0 spiro atoms. The number of carbonyl (C=O) groups is 2. The van der Waals surface area contributed by atoms with Crippen LogP contribution in [0.4, 0.5) is 4.79 Å². The van der Waals surface area contributed by atoms with E-state index in [1.54, 1.807) is 14.1 Å². The van der Waals surface area contributed by atoms with Crippen molar-refractivity contribution in [1.29, 1.82) is 0 Å². The number of urea groups is 1. The van der Waals surface area contributed by atoms with Crippen LogP contribution in [0.25, 0.3) is 0 Å². The van der Waals surface area contributed by atoms with Crippen LogP contribution in [0.2, 0.25) is 0 Å². The molecular formula is C7H12N2O2S. The molecule has 0 aromatic rings. The van der Waals surface area contributed by atoms with E-state index in [1.807, 2.05) is 0 Å². The summed E-state index contributed by atoms with van der Waals surface area (Å²) in [7, 11) is 3.31. The monoisotopic (exact) mass is 188 g/mol. The Balaban J connectivity index is 2.40. The highest BCUT2D eigenvalue weighted by Crippen LogP contribution is 2.19. The van der Waals surface area contributed by atoms with Crippen molar-refractivity contribution in [3.63, 3.8) is 0 Å². The van der Waals surface area contributed by atoms with Crippen molar-refractivity contribution in [2.75, 3.05) is 19.8 Å². The SMILES string of the molecule is CN(C)C(=O)N[C@@H]1CCSC1=O. The molecule has 0 radical (unpaired) electrons. The summed E-state index contributed by atoms with van der Waals surface area (Å²) in [5, 5.41) is 2.72. The van der Waals surface area contributed by atoms with Crippen molar-refractivity contribution < 1.29 is 9.59 Å². The van der Waals surface area contributed by atoms with Gasteiger partial charge in [-0.25, -0.2) is 4.79 Å². The minimum atomic E-state index is -0.273. The molecule has 1 heterocycles. The fourth-order valence-electron chi connectivity index (χ4n) is 0.905. The molecule has 4 nitrogen and oxygen atoms in total. The summed E-state index contributed by atoms with van der Waals surface area (Å²) in [4.78, 5) is 23.6. The average molecular weight is 188 g/mol. The van der Waals surface area contributed by atoms with Crippen molar-refractivity contribution in [2.24, 2.45) is 0 Å². The average Bonchev–Trinajstić information content (AvgIpc) is 2.36. The Morgan fingerprint density at radius 3 is 2.75 bits per heavy atom. The number of hydrogen-bond donors (Lipinski definition) is 1. The van der Waals surface area contributed by atoms with Gasteiger partial charge in [0.15, 0.2) is 0 Å². The van der Waals surface area contributed by atoms with Gasteiger partial charge in [0.25, 0.3) is 0 Å². The molecule has 1 N–H and O–H groups in total. The van der Waals surface area contributed by atoms with Crippen LogP contribution in [0.15, 0.2) is 0 Å². The fraction of sp³-hybridized carbons (Fsp3) is 0.714. The van der Waals surface area contributed by atoms with E-state index in [0.717, 1.165) is 12.2 Å². The second-order valence-electron chi connectivity index (χ2n) is 2.85. The zero-order valence-electron chi connectivity index (χ0n) is 7.16. The minimum Gasteiger partial charge on any atom is -0.331 e. The van der Waals surface area contributed by atoms with Gasteiger partial charge in [0.1, 0.15) is 6.04 Å². The number of hydrogen-bond acceptors (Lipinski definition) is 3. The number of thioether (sulfide) groups is 1. The maximum Gasteiger partial charge on any atom is 0.317 e. The number of carbonyl (C=O) groups excluding carboxylic acids is 2. The van der Waals surface area contributed by atoms with Gasteiger partial charge in [-0.05, 0) is 6.42 Å². The molecule has 1 rings (SSSR count). The largest absolute Gasteiger partial charge is 0.331 e. The van der Waals surface area contributed by atoms with Gasteiger partial charge in [0.2, 0.25) is 5.12 Å². The van der Waals surface area contributed by atoms with Gasteiger partial charge in [-0.1, -0.05) is 11.8 Å². The summed E-state index contributed by atoms with van der Waals surface area (Å²) in [6.07, 6.45) is 0.753. The third kappa shape index (κ3) is 2.14. The Morgan fingerprint density at radius 1 is 1.67 bits per heavy atom. The zero-order chi connectivity index (χ0) is 9.14. The molecule has 2 amide bonds. The van der Waals surface area contributed by atoms with Crippen molar-refractivity contribution in [3.05, 3.63) is 0 Å². The fourth-order valence-corrected chi connectivity index (χ4v) is 1.84. The van der Waals surface area contributed by atoms with E-state index in [9.17, 15) is 9.59 Å². The lowest BCUT2D eigenvalue weighted by atomic mass is 10.2.